The number of carbonyl (C=O) groups is 1. The van der Waals surface area contributed by atoms with E-state index in [2.05, 4.69) is 0 Å². The van der Waals surface area contributed by atoms with E-state index in [4.69, 9.17) is 0 Å². The summed E-state index contributed by atoms with van der Waals surface area (Å²) in [6, 6.07) is 5.08. The fourth-order valence-electron chi connectivity index (χ4n) is 1.88. The average molecular weight is 243 g/mol. The van der Waals surface area contributed by atoms with Crippen molar-refractivity contribution in [1.82, 2.24) is 4.90 Å². The van der Waals surface area contributed by atoms with Crippen molar-refractivity contribution >= 4 is 5.78 Å². The van der Waals surface area contributed by atoms with Gasteiger partial charge >= 0.3 is 6.18 Å². The molecule has 1 aliphatic rings. The van der Waals surface area contributed by atoms with Gasteiger partial charge in [0.1, 0.15) is 5.78 Å². The standard InChI is InChI=1S/C12H12F3NO/c13-12(14,15)10-3-1-9(2-4-10)7-16-6-5-11(17)8-16/h1-4H,5-8H2. The third-order valence-corrected chi connectivity index (χ3v) is 2.79. The van der Waals surface area contributed by atoms with Gasteiger partial charge in [0.2, 0.25) is 0 Å². The van der Waals surface area contributed by atoms with Crippen LogP contribution in [-0.4, -0.2) is 23.8 Å². The van der Waals surface area contributed by atoms with Gasteiger partial charge in [-0.15, -0.1) is 0 Å². The lowest BCUT2D eigenvalue weighted by atomic mass is 10.1. The van der Waals surface area contributed by atoms with Crippen molar-refractivity contribution in [3.8, 4) is 0 Å². The van der Waals surface area contributed by atoms with Gasteiger partial charge in [0, 0.05) is 19.5 Å². The van der Waals surface area contributed by atoms with Crippen LogP contribution in [0.4, 0.5) is 13.2 Å². The highest BCUT2D eigenvalue weighted by Crippen LogP contribution is 2.29. The number of Topliss-reactive ketones (excluding diaryl/α,β-unsaturated/α-hetero) is 1. The first-order chi connectivity index (χ1) is 7.95. The predicted octanol–water partition coefficient (Wildman–Crippen LogP) is 2.48. The summed E-state index contributed by atoms with van der Waals surface area (Å²) in [5.41, 5.74) is 0.159. The average Bonchev–Trinajstić information content (AvgIpc) is 2.63. The van der Waals surface area contributed by atoms with Crippen LogP contribution in [0.25, 0.3) is 0 Å². The lowest BCUT2D eigenvalue weighted by molar-refractivity contribution is -0.137. The SMILES string of the molecule is O=C1CCN(Cc2ccc(C(F)(F)F)cc2)C1. The first-order valence-electron chi connectivity index (χ1n) is 5.35. The van der Waals surface area contributed by atoms with Gasteiger partial charge in [-0.05, 0) is 17.7 Å². The van der Waals surface area contributed by atoms with E-state index in [0.29, 0.717) is 26.1 Å². The molecule has 0 N–H and O–H groups in total. The fourth-order valence-corrected chi connectivity index (χ4v) is 1.88. The Kier molecular flexibility index (Phi) is 3.19. The van der Waals surface area contributed by atoms with E-state index in [1.807, 2.05) is 4.90 Å². The number of halogens is 3. The van der Waals surface area contributed by atoms with Crippen molar-refractivity contribution in [3.63, 3.8) is 0 Å². The highest BCUT2D eigenvalue weighted by atomic mass is 19.4. The van der Waals surface area contributed by atoms with Gasteiger partial charge in [0.05, 0.1) is 12.1 Å². The smallest absolute Gasteiger partial charge is 0.298 e. The Morgan fingerprint density at radius 3 is 2.29 bits per heavy atom. The molecule has 0 unspecified atom stereocenters. The van der Waals surface area contributed by atoms with Crippen LogP contribution in [0.5, 0.6) is 0 Å². The monoisotopic (exact) mass is 243 g/mol. The van der Waals surface area contributed by atoms with Crippen molar-refractivity contribution in [3.05, 3.63) is 35.4 Å². The minimum Gasteiger partial charge on any atom is -0.298 e. The number of nitrogens with zero attached hydrogens (tertiary/aromatic N) is 1. The minimum absolute atomic E-state index is 0.192. The highest BCUT2D eigenvalue weighted by Gasteiger charge is 2.30. The summed E-state index contributed by atoms with van der Waals surface area (Å²) in [7, 11) is 0. The normalized spacial score (nSPS) is 17.7. The topological polar surface area (TPSA) is 20.3 Å². The summed E-state index contributed by atoms with van der Waals surface area (Å²) in [5.74, 6) is 0.192. The number of hydrogen-bond donors (Lipinski definition) is 0. The molecule has 1 aliphatic heterocycles. The Labute approximate surface area is 97.0 Å². The Bertz CT molecular complexity index is 411. The number of alkyl halides is 3. The van der Waals surface area contributed by atoms with E-state index in [-0.39, 0.29) is 5.78 Å². The molecular weight excluding hydrogens is 231 g/mol. The third-order valence-electron chi connectivity index (χ3n) is 2.79. The first-order valence-corrected chi connectivity index (χ1v) is 5.35. The Balaban J connectivity index is 2.01. The number of benzene rings is 1. The molecular formula is C12H12F3NO. The van der Waals surface area contributed by atoms with Crippen LogP contribution in [-0.2, 0) is 17.5 Å². The van der Waals surface area contributed by atoms with Gasteiger partial charge in [0.15, 0.2) is 0 Å². The van der Waals surface area contributed by atoms with Crippen molar-refractivity contribution < 1.29 is 18.0 Å². The molecule has 0 saturated carbocycles. The lowest BCUT2D eigenvalue weighted by Crippen LogP contribution is -2.20. The summed E-state index contributed by atoms with van der Waals surface area (Å²) in [4.78, 5) is 13.0. The van der Waals surface area contributed by atoms with Gasteiger partial charge in [-0.2, -0.15) is 13.2 Å². The molecule has 0 radical (unpaired) electrons. The number of hydrogen-bond acceptors (Lipinski definition) is 2. The molecule has 0 aliphatic carbocycles. The van der Waals surface area contributed by atoms with Crippen LogP contribution < -0.4 is 0 Å². The molecule has 5 heteroatoms. The molecule has 92 valence electrons. The van der Waals surface area contributed by atoms with Crippen molar-refractivity contribution in [2.45, 2.75) is 19.1 Å². The fraction of sp³-hybridized carbons (Fsp3) is 0.417. The zero-order valence-electron chi connectivity index (χ0n) is 9.13. The van der Waals surface area contributed by atoms with Crippen LogP contribution >= 0.6 is 0 Å². The van der Waals surface area contributed by atoms with Crippen molar-refractivity contribution in [1.29, 1.82) is 0 Å². The molecule has 1 fully saturated rings. The zero-order chi connectivity index (χ0) is 12.5. The minimum atomic E-state index is -4.29. The second-order valence-electron chi connectivity index (χ2n) is 4.19. The Hall–Kier alpha value is -1.36. The first kappa shape index (κ1) is 12.1. The van der Waals surface area contributed by atoms with Gasteiger partial charge in [-0.25, -0.2) is 0 Å². The molecule has 0 atom stereocenters. The molecule has 0 spiro atoms. The summed E-state index contributed by atoms with van der Waals surface area (Å²) in [6.07, 6.45) is -3.75. The van der Waals surface area contributed by atoms with E-state index in [9.17, 15) is 18.0 Å². The van der Waals surface area contributed by atoms with Crippen molar-refractivity contribution in [2.75, 3.05) is 13.1 Å². The van der Waals surface area contributed by atoms with E-state index < -0.39 is 11.7 Å². The van der Waals surface area contributed by atoms with Crippen LogP contribution in [0.15, 0.2) is 24.3 Å². The van der Waals surface area contributed by atoms with Crippen LogP contribution in [0.2, 0.25) is 0 Å². The van der Waals surface area contributed by atoms with Crippen LogP contribution in [0.3, 0.4) is 0 Å². The predicted molar refractivity (Wildman–Crippen MR) is 56.3 cm³/mol. The zero-order valence-corrected chi connectivity index (χ0v) is 9.13. The molecule has 1 heterocycles. The Morgan fingerprint density at radius 1 is 1.18 bits per heavy atom. The molecule has 2 rings (SSSR count). The van der Waals surface area contributed by atoms with Gasteiger partial charge in [0.25, 0.3) is 0 Å². The summed E-state index contributed by atoms with van der Waals surface area (Å²) in [6.45, 7) is 1.63. The molecule has 1 saturated heterocycles. The molecule has 2 nitrogen and oxygen atoms in total. The van der Waals surface area contributed by atoms with Crippen molar-refractivity contribution in [2.24, 2.45) is 0 Å². The summed E-state index contributed by atoms with van der Waals surface area (Å²) in [5, 5.41) is 0. The number of likely N-dealkylation sites (tertiary alicyclic amines) is 1. The number of carbonyl (C=O) groups excluding carboxylic acids is 1. The maximum atomic E-state index is 12.3. The second kappa shape index (κ2) is 4.49. The molecule has 0 amide bonds. The molecule has 0 bridgehead atoms. The molecule has 1 aromatic carbocycles. The molecule has 1 aromatic rings. The van der Waals surface area contributed by atoms with E-state index >= 15 is 0 Å². The molecule has 0 aromatic heterocycles. The van der Waals surface area contributed by atoms with Gasteiger partial charge < -0.3 is 0 Å². The second-order valence-corrected chi connectivity index (χ2v) is 4.19. The maximum Gasteiger partial charge on any atom is 0.416 e. The summed E-state index contributed by atoms with van der Waals surface area (Å²) < 4.78 is 37.0. The van der Waals surface area contributed by atoms with E-state index in [1.54, 1.807) is 0 Å². The van der Waals surface area contributed by atoms with E-state index in [0.717, 1.165) is 17.7 Å². The number of ketones is 1. The maximum absolute atomic E-state index is 12.3. The highest BCUT2D eigenvalue weighted by molar-refractivity contribution is 5.82. The van der Waals surface area contributed by atoms with Gasteiger partial charge in [-0.1, -0.05) is 12.1 Å². The van der Waals surface area contributed by atoms with E-state index in [1.165, 1.54) is 12.1 Å². The number of rotatable bonds is 2. The third kappa shape index (κ3) is 3.06. The largest absolute Gasteiger partial charge is 0.416 e. The molecule has 17 heavy (non-hydrogen) atoms. The summed E-state index contributed by atoms with van der Waals surface area (Å²) >= 11 is 0. The van der Waals surface area contributed by atoms with Gasteiger partial charge in [-0.3, -0.25) is 9.69 Å². The Morgan fingerprint density at radius 2 is 1.82 bits per heavy atom. The quantitative estimate of drug-likeness (QED) is 0.795. The van der Waals surface area contributed by atoms with Crippen LogP contribution in [0, 0.1) is 0 Å². The lowest BCUT2D eigenvalue weighted by Gasteiger charge is -2.14. The van der Waals surface area contributed by atoms with Crippen LogP contribution in [0.1, 0.15) is 17.5 Å².